The highest BCUT2D eigenvalue weighted by molar-refractivity contribution is 7.09. The summed E-state index contributed by atoms with van der Waals surface area (Å²) in [5.41, 5.74) is 0.644. The zero-order valence-electron chi connectivity index (χ0n) is 22.1. The van der Waals surface area contributed by atoms with Crippen LogP contribution in [0.5, 0.6) is 0 Å². The number of aliphatic hydroxyl groups is 2. The molecular formula is C28H43NO5S. The second-order valence-corrected chi connectivity index (χ2v) is 12.5. The molecule has 1 aromatic heterocycles. The third kappa shape index (κ3) is 6.80. The van der Waals surface area contributed by atoms with Crippen LogP contribution in [0.4, 0.5) is 0 Å². The van der Waals surface area contributed by atoms with Crippen LogP contribution < -0.4 is 0 Å². The second kappa shape index (κ2) is 11.7. The Balaban J connectivity index is 1.84. The quantitative estimate of drug-likeness (QED) is 0.526. The SMILES string of the molecule is C/C(=C\c1csc(C)n1)[C@H]1C[C@@H]2CC[C@@H]2CCC[C@H](C)[C@H](O)[C@@H](C)C(=O)C(C)(C)[C@@H](O)CC(=O)O1. The molecule has 2 aliphatic rings. The molecule has 0 spiro atoms. The van der Waals surface area contributed by atoms with Crippen LogP contribution in [0, 0.1) is 36.0 Å². The molecule has 7 heteroatoms. The zero-order valence-corrected chi connectivity index (χ0v) is 22.9. The van der Waals surface area contributed by atoms with Crippen molar-refractivity contribution in [3.8, 4) is 0 Å². The number of Topliss-reactive ketones (excluding diaryl/α,β-unsaturated/α-hetero) is 1. The van der Waals surface area contributed by atoms with Crippen molar-refractivity contribution < 1.29 is 24.5 Å². The van der Waals surface area contributed by atoms with Gasteiger partial charge in [0.15, 0.2) is 0 Å². The molecule has 3 rings (SSSR count). The van der Waals surface area contributed by atoms with Crippen LogP contribution in [0.1, 0.15) is 90.3 Å². The average Bonchev–Trinajstić information content (AvgIpc) is 3.20. The predicted octanol–water partition coefficient (Wildman–Crippen LogP) is 5.35. The molecule has 0 unspecified atom stereocenters. The zero-order chi connectivity index (χ0) is 25.9. The van der Waals surface area contributed by atoms with Crippen LogP contribution in [-0.4, -0.2) is 45.3 Å². The number of cyclic esters (lactones) is 1. The van der Waals surface area contributed by atoms with E-state index in [2.05, 4.69) is 4.98 Å². The number of hydrogen-bond donors (Lipinski definition) is 2. The van der Waals surface area contributed by atoms with E-state index in [0.717, 1.165) is 48.4 Å². The summed E-state index contributed by atoms with van der Waals surface area (Å²) in [6, 6.07) is 0. The first kappa shape index (κ1) is 28.0. The first-order chi connectivity index (χ1) is 16.4. The smallest absolute Gasteiger partial charge is 0.309 e. The highest BCUT2D eigenvalue weighted by atomic mass is 32.1. The minimum absolute atomic E-state index is 0.00205. The minimum atomic E-state index is -1.19. The molecule has 2 heterocycles. The van der Waals surface area contributed by atoms with Gasteiger partial charge in [-0.1, -0.05) is 40.5 Å². The van der Waals surface area contributed by atoms with Crippen molar-refractivity contribution in [1.82, 2.24) is 4.98 Å². The number of fused-ring (bicyclic) bond motifs is 1. The summed E-state index contributed by atoms with van der Waals surface area (Å²) in [5, 5.41) is 24.7. The molecule has 1 saturated heterocycles. The number of rotatable bonds is 2. The monoisotopic (exact) mass is 505 g/mol. The summed E-state index contributed by atoms with van der Waals surface area (Å²) >= 11 is 1.59. The van der Waals surface area contributed by atoms with E-state index in [1.54, 1.807) is 32.1 Å². The average molecular weight is 506 g/mol. The number of aliphatic hydroxyl groups excluding tert-OH is 2. The Kier molecular flexibility index (Phi) is 9.33. The molecule has 35 heavy (non-hydrogen) atoms. The van der Waals surface area contributed by atoms with E-state index in [4.69, 9.17) is 4.74 Å². The Bertz CT molecular complexity index is 922. The van der Waals surface area contributed by atoms with E-state index in [1.807, 2.05) is 32.2 Å². The number of carbonyl (C=O) groups is 2. The van der Waals surface area contributed by atoms with E-state index < -0.39 is 29.5 Å². The van der Waals surface area contributed by atoms with Gasteiger partial charge in [-0.3, -0.25) is 9.59 Å². The molecule has 2 fully saturated rings. The summed E-state index contributed by atoms with van der Waals surface area (Å²) in [7, 11) is 0. The number of carbonyl (C=O) groups excluding carboxylic acids is 2. The van der Waals surface area contributed by atoms with E-state index in [0.29, 0.717) is 11.8 Å². The normalized spacial score (nSPS) is 35.7. The Morgan fingerprint density at radius 1 is 1.14 bits per heavy atom. The van der Waals surface area contributed by atoms with Gasteiger partial charge in [-0.25, -0.2) is 4.98 Å². The van der Waals surface area contributed by atoms with Crippen LogP contribution in [0.25, 0.3) is 6.08 Å². The number of thiazole rings is 1. The highest BCUT2D eigenvalue weighted by Gasteiger charge is 2.43. The Morgan fingerprint density at radius 2 is 1.83 bits per heavy atom. The summed E-state index contributed by atoms with van der Waals surface area (Å²) in [4.78, 5) is 30.7. The van der Waals surface area contributed by atoms with Crippen LogP contribution in [0.2, 0.25) is 0 Å². The minimum Gasteiger partial charge on any atom is -0.458 e. The molecule has 0 amide bonds. The van der Waals surface area contributed by atoms with Gasteiger partial charge in [0, 0.05) is 11.3 Å². The van der Waals surface area contributed by atoms with Gasteiger partial charge in [-0.05, 0) is 68.9 Å². The lowest BCUT2D eigenvalue weighted by Crippen LogP contribution is -2.46. The topological polar surface area (TPSA) is 96.7 Å². The highest BCUT2D eigenvalue weighted by Crippen LogP contribution is 2.43. The fourth-order valence-electron chi connectivity index (χ4n) is 5.59. The van der Waals surface area contributed by atoms with Gasteiger partial charge in [0.05, 0.1) is 34.7 Å². The van der Waals surface area contributed by atoms with Gasteiger partial charge < -0.3 is 14.9 Å². The number of aryl methyl sites for hydroxylation is 1. The Labute approximate surface area is 214 Å². The van der Waals surface area contributed by atoms with Crippen molar-refractivity contribution >= 4 is 29.2 Å². The standard InChI is InChI=1S/C28H43NO5S/c1-16-8-7-9-20-10-11-21(20)13-23(17(2)12-22-15-35-19(4)29-22)34-25(31)14-24(30)28(5,6)27(33)18(3)26(16)32/h12,15-16,18,20-21,23-24,26,30,32H,7-11,13-14H2,1-6H3/b17-12+/t16-,18+,20-,21-,23+,24-,26-/m0/s1. The fraction of sp³-hybridized carbons (Fsp3) is 0.750. The van der Waals surface area contributed by atoms with Crippen molar-refractivity contribution in [2.24, 2.45) is 29.1 Å². The van der Waals surface area contributed by atoms with Crippen molar-refractivity contribution in [2.75, 3.05) is 0 Å². The number of aromatic nitrogens is 1. The van der Waals surface area contributed by atoms with E-state index in [9.17, 15) is 19.8 Å². The van der Waals surface area contributed by atoms with Gasteiger partial charge in [0.2, 0.25) is 0 Å². The number of hydrogen-bond acceptors (Lipinski definition) is 7. The molecule has 1 aliphatic carbocycles. The molecule has 1 aromatic rings. The molecular weight excluding hydrogens is 462 g/mol. The van der Waals surface area contributed by atoms with Crippen LogP contribution in [-0.2, 0) is 14.3 Å². The lowest BCUT2D eigenvalue weighted by atomic mass is 9.68. The van der Waals surface area contributed by atoms with Gasteiger partial charge in [0.25, 0.3) is 0 Å². The lowest BCUT2D eigenvalue weighted by molar-refractivity contribution is -0.155. The Hall–Kier alpha value is -1.57. The number of ether oxygens (including phenoxy) is 1. The maximum atomic E-state index is 13.2. The maximum absolute atomic E-state index is 13.2. The van der Waals surface area contributed by atoms with E-state index in [-0.39, 0.29) is 24.2 Å². The van der Waals surface area contributed by atoms with Gasteiger partial charge in [-0.15, -0.1) is 11.3 Å². The van der Waals surface area contributed by atoms with E-state index >= 15 is 0 Å². The largest absolute Gasteiger partial charge is 0.458 e. The molecule has 7 atom stereocenters. The summed E-state index contributed by atoms with van der Waals surface area (Å²) in [6.45, 7) is 11.0. The van der Waals surface area contributed by atoms with Crippen molar-refractivity contribution in [2.45, 2.75) is 105 Å². The summed E-state index contributed by atoms with van der Waals surface area (Å²) in [5.74, 6) is -0.271. The summed E-state index contributed by atoms with van der Waals surface area (Å²) in [6.07, 6.45) is 5.41. The molecule has 0 radical (unpaired) electrons. The van der Waals surface area contributed by atoms with Crippen molar-refractivity contribution in [3.05, 3.63) is 21.7 Å². The third-order valence-electron chi connectivity index (χ3n) is 8.46. The van der Waals surface area contributed by atoms with Gasteiger partial charge in [-0.2, -0.15) is 0 Å². The molecule has 1 saturated carbocycles. The van der Waals surface area contributed by atoms with Crippen molar-refractivity contribution in [1.29, 1.82) is 0 Å². The lowest BCUT2D eigenvalue weighted by Gasteiger charge is -2.40. The van der Waals surface area contributed by atoms with Crippen molar-refractivity contribution in [3.63, 3.8) is 0 Å². The third-order valence-corrected chi connectivity index (χ3v) is 9.25. The molecule has 0 bridgehead atoms. The molecule has 2 N–H and O–H groups in total. The molecule has 1 aliphatic heterocycles. The predicted molar refractivity (Wildman–Crippen MR) is 139 cm³/mol. The van der Waals surface area contributed by atoms with Crippen LogP contribution in [0.15, 0.2) is 11.0 Å². The van der Waals surface area contributed by atoms with Gasteiger partial charge in [0.1, 0.15) is 11.9 Å². The number of nitrogens with zero attached hydrogens (tertiary/aromatic N) is 1. The first-order valence-corrected chi connectivity index (χ1v) is 14.0. The van der Waals surface area contributed by atoms with E-state index in [1.165, 1.54) is 6.42 Å². The second-order valence-electron chi connectivity index (χ2n) is 11.5. The van der Waals surface area contributed by atoms with Gasteiger partial charge >= 0.3 is 5.97 Å². The molecule has 0 aromatic carbocycles. The van der Waals surface area contributed by atoms with Crippen LogP contribution >= 0.6 is 11.3 Å². The maximum Gasteiger partial charge on any atom is 0.309 e. The summed E-state index contributed by atoms with van der Waals surface area (Å²) < 4.78 is 5.96. The van der Waals surface area contributed by atoms with Crippen LogP contribution in [0.3, 0.4) is 0 Å². The fourth-order valence-corrected chi connectivity index (χ4v) is 6.16. The number of ketones is 1. The molecule has 6 nitrogen and oxygen atoms in total. The molecule has 196 valence electrons. The first-order valence-electron chi connectivity index (χ1n) is 13.1. The number of esters is 1. The Morgan fingerprint density at radius 3 is 2.43 bits per heavy atom.